The summed E-state index contributed by atoms with van der Waals surface area (Å²) in [6, 6.07) is 15.1. The van der Waals surface area contributed by atoms with Crippen molar-refractivity contribution in [1.82, 2.24) is 14.8 Å². The Hall–Kier alpha value is -3.39. The highest BCUT2D eigenvalue weighted by Crippen LogP contribution is 2.37. The van der Waals surface area contributed by atoms with Crippen LogP contribution >= 0.6 is 0 Å². The largest absolute Gasteiger partial charge is 0.445 e. The van der Waals surface area contributed by atoms with E-state index >= 15 is 0 Å². The number of halogens is 1. The van der Waals surface area contributed by atoms with Gasteiger partial charge in [0, 0.05) is 47.3 Å². The number of hydrogen-bond donors (Lipinski definition) is 2. The molecular formula is C32H41FN4O3. The van der Waals surface area contributed by atoms with E-state index in [1.54, 1.807) is 6.07 Å². The van der Waals surface area contributed by atoms with Gasteiger partial charge in [0.2, 0.25) is 0 Å². The van der Waals surface area contributed by atoms with Gasteiger partial charge >= 0.3 is 6.09 Å². The first-order chi connectivity index (χ1) is 19.4. The van der Waals surface area contributed by atoms with Crippen molar-refractivity contribution in [2.75, 3.05) is 13.1 Å². The molecule has 2 heterocycles. The molecule has 214 valence electrons. The molecule has 2 fully saturated rings. The van der Waals surface area contributed by atoms with Crippen LogP contribution in [-0.2, 0) is 17.9 Å². The van der Waals surface area contributed by atoms with E-state index in [0.29, 0.717) is 17.0 Å². The zero-order chi connectivity index (χ0) is 28.1. The second-order valence-corrected chi connectivity index (χ2v) is 11.6. The summed E-state index contributed by atoms with van der Waals surface area (Å²) in [5.74, 6) is 1.25. The van der Waals surface area contributed by atoms with Gasteiger partial charge in [0.1, 0.15) is 12.4 Å². The van der Waals surface area contributed by atoms with E-state index in [-0.39, 0.29) is 25.0 Å². The topological polar surface area (TPSA) is 79.1 Å². The van der Waals surface area contributed by atoms with Gasteiger partial charge in [-0.2, -0.15) is 0 Å². The van der Waals surface area contributed by atoms with Crippen LogP contribution in [0.5, 0.6) is 0 Å². The first-order valence-corrected chi connectivity index (χ1v) is 14.6. The Morgan fingerprint density at radius 1 is 1.07 bits per heavy atom. The summed E-state index contributed by atoms with van der Waals surface area (Å²) in [5.41, 5.74) is 3.17. The second kappa shape index (κ2) is 12.9. The van der Waals surface area contributed by atoms with Crippen LogP contribution in [0.1, 0.15) is 75.2 Å². The number of carbonyl (C=O) groups excluding carboxylic acids is 1. The molecule has 0 bridgehead atoms. The molecule has 2 N–H and O–H groups in total. The van der Waals surface area contributed by atoms with Crippen LogP contribution in [0.15, 0.2) is 53.7 Å². The van der Waals surface area contributed by atoms with E-state index in [0.717, 1.165) is 54.5 Å². The number of piperidine rings is 1. The number of nitrogens with zero attached hydrogens (tertiary/aromatic N) is 3. The maximum Gasteiger partial charge on any atom is 0.407 e. The molecule has 2 aromatic carbocycles. The molecule has 3 aromatic rings. The third-order valence-corrected chi connectivity index (χ3v) is 8.97. The van der Waals surface area contributed by atoms with Crippen LogP contribution in [0.2, 0.25) is 0 Å². The smallest absolute Gasteiger partial charge is 0.407 e. The highest BCUT2D eigenvalue weighted by atomic mass is 19.1. The molecule has 1 aliphatic heterocycles. The van der Waals surface area contributed by atoms with E-state index in [4.69, 9.17) is 4.74 Å². The van der Waals surface area contributed by atoms with Gasteiger partial charge in [-0.3, -0.25) is 0 Å². The maximum atomic E-state index is 14.3. The number of aromatic nitrogens is 1. The zero-order valence-electron chi connectivity index (χ0n) is 23.6. The molecule has 1 aliphatic carbocycles. The summed E-state index contributed by atoms with van der Waals surface area (Å²) in [7, 11) is 0. The number of ether oxygens (including phenoxy) is 1. The number of alkyl carbamates (subject to hydrolysis) is 1. The fourth-order valence-electron chi connectivity index (χ4n) is 6.74. The van der Waals surface area contributed by atoms with Gasteiger partial charge < -0.3 is 24.7 Å². The summed E-state index contributed by atoms with van der Waals surface area (Å²) >= 11 is 0. The lowest BCUT2D eigenvalue weighted by Crippen LogP contribution is -2.44. The Bertz CT molecular complexity index is 1310. The van der Waals surface area contributed by atoms with Crippen LogP contribution in [-0.4, -0.2) is 46.1 Å². The number of likely N-dealkylation sites (tertiary alicyclic amines) is 1. The van der Waals surface area contributed by atoms with Crippen molar-refractivity contribution in [2.45, 2.75) is 77.6 Å². The van der Waals surface area contributed by atoms with Crippen molar-refractivity contribution in [1.29, 1.82) is 0 Å². The minimum absolute atomic E-state index is 0.170. The Morgan fingerprint density at radius 3 is 2.48 bits per heavy atom. The van der Waals surface area contributed by atoms with Gasteiger partial charge in [-0.25, -0.2) is 9.18 Å². The monoisotopic (exact) mass is 548 g/mol. The van der Waals surface area contributed by atoms with Crippen molar-refractivity contribution in [2.24, 2.45) is 17.0 Å². The molecule has 1 aromatic heterocycles. The minimum Gasteiger partial charge on any atom is -0.445 e. The van der Waals surface area contributed by atoms with Gasteiger partial charge in [0.15, 0.2) is 0 Å². The summed E-state index contributed by atoms with van der Waals surface area (Å²) in [5, 5.41) is 16.3. The molecule has 0 spiro atoms. The fourth-order valence-corrected chi connectivity index (χ4v) is 6.74. The first kappa shape index (κ1) is 28.1. The van der Waals surface area contributed by atoms with Crippen molar-refractivity contribution in [3.63, 3.8) is 0 Å². The molecule has 40 heavy (non-hydrogen) atoms. The summed E-state index contributed by atoms with van der Waals surface area (Å²) in [6.07, 6.45) is 7.91. The number of fused-ring (bicyclic) bond motifs is 1. The normalized spacial score (nSPS) is 20.9. The second-order valence-electron chi connectivity index (χ2n) is 11.6. The number of oxime groups is 1. The number of carbonyl (C=O) groups is 1. The maximum absolute atomic E-state index is 14.3. The Kier molecular flexibility index (Phi) is 9.04. The molecular weight excluding hydrogens is 507 g/mol. The molecule has 0 radical (unpaired) electrons. The summed E-state index contributed by atoms with van der Waals surface area (Å²) < 4.78 is 22.0. The van der Waals surface area contributed by atoms with Gasteiger partial charge in [-0.05, 0) is 74.1 Å². The number of benzene rings is 2. The van der Waals surface area contributed by atoms with E-state index in [9.17, 15) is 14.4 Å². The van der Waals surface area contributed by atoms with Crippen LogP contribution in [0.3, 0.4) is 0 Å². The molecule has 1 saturated heterocycles. The van der Waals surface area contributed by atoms with E-state index in [1.807, 2.05) is 30.3 Å². The van der Waals surface area contributed by atoms with Gasteiger partial charge in [0.25, 0.3) is 0 Å². The Labute approximate surface area is 236 Å². The van der Waals surface area contributed by atoms with E-state index in [2.05, 4.69) is 33.8 Å². The van der Waals surface area contributed by atoms with Gasteiger partial charge in [-0.15, -0.1) is 0 Å². The molecule has 1 amide bonds. The molecule has 0 unspecified atom stereocenters. The molecule has 2 aliphatic rings. The number of amides is 1. The Morgan fingerprint density at radius 2 is 1.80 bits per heavy atom. The van der Waals surface area contributed by atoms with Crippen LogP contribution in [0, 0.1) is 17.7 Å². The quantitative estimate of drug-likeness (QED) is 0.183. The predicted octanol–water partition coefficient (Wildman–Crippen LogP) is 6.87. The average molecular weight is 549 g/mol. The highest BCUT2D eigenvalue weighted by molar-refractivity contribution is 6.01. The average Bonchev–Trinajstić information content (AvgIpc) is 3.28. The molecule has 1 saturated carbocycles. The van der Waals surface area contributed by atoms with Crippen LogP contribution < -0.4 is 5.32 Å². The van der Waals surface area contributed by atoms with Gasteiger partial charge in [-0.1, -0.05) is 49.3 Å². The van der Waals surface area contributed by atoms with Crippen LogP contribution in [0.4, 0.5) is 9.18 Å². The third-order valence-electron chi connectivity index (χ3n) is 8.97. The predicted molar refractivity (Wildman–Crippen MR) is 155 cm³/mol. The number of nitrogens with one attached hydrogen (secondary N) is 1. The molecule has 7 nitrogen and oxygen atoms in total. The van der Waals surface area contributed by atoms with Crippen LogP contribution in [0.25, 0.3) is 10.9 Å². The summed E-state index contributed by atoms with van der Waals surface area (Å²) in [4.78, 5) is 15.3. The highest BCUT2D eigenvalue weighted by Gasteiger charge is 2.32. The number of rotatable bonds is 8. The molecule has 8 heteroatoms. The Balaban J connectivity index is 1.32. The van der Waals surface area contributed by atoms with E-state index < -0.39 is 6.09 Å². The van der Waals surface area contributed by atoms with Crippen molar-refractivity contribution in [3.05, 3.63) is 71.2 Å². The van der Waals surface area contributed by atoms with E-state index in [1.165, 1.54) is 44.0 Å². The standard InChI is InChI=1S/C32H41FN4O3/c1-22(2)24-8-11-26(12-9-24)36-16-14-27(15-17-36)37-30-13-10-25(33)18-28(30)29(19-35-39)31(37)20-34-32(38)40-21-23-6-4-3-5-7-23/h3-7,10,13,18-19,22,24,26-27,39H,8-9,11-12,14-17,20-21H2,1-2H3,(H,34,38)/t24-,26+. The first-order valence-electron chi connectivity index (χ1n) is 14.6. The lowest BCUT2D eigenvalue weighted by Gasteiger charge is -2.42. The lowest BCUT2D eigenvalue weighted by molar-refractivity contribution is 0.0888. The third kappa shape index (κ3) is 6.33. The van der Waals surface area contributed by atoms with Crippen molar-refractivity contribution < 1.29 is 19.1 Å². The van der Waals surface area contributed by atoms with Crippen molar-refractivity contribution >= 4 is 23.2 Å². The lowest BCUT2D eigenvalue weighted by atomic mass is 9.79. The molecule has 0 atom stereocenters. The molecule has 5 rings (SSSR count). The minimum atomic E-state index is -0.537. The summed E-state index contributed by atoms with van der Waals surface area (Å²) in [6.45, 7) is 7.05. The van der Waals surface area contributed by atoms with Crippen molar-refractivity contribution in [3.8, 4) is 0 Å². The van der Waals surface area contributed by atoms with Gasteiger partial charge in [0.05, 0.1) is 12.8 Å². The fraction of sp³-hybridized carbons (Fsp3) is 0.500. The number of hydrogen-bond acceptors (Lipinski definition) is 5. The SMILES string of the molecule is CC(C)[C@H]1CC[C@@H](N2CCC(n3c(CNC(=O)OCc4ccccc4)c(C=NO)c4cc(F)ccc43)CC2)CC1. The zero-order valence-corrected chi connectivity index (χ0v) is 23.6.